The molecule has 0 atom stereocenters. The first-order valence-electron chi connectivity index (χ1n) is 9.68. The molecule has 1 aromatic heterocycles. The molecule has 0 saturated carbocycles. The third-order valence-corrected chi connectivity index (χ3v) is 6.01. The molecule has 2 amide bonds. The maximum absolute atomic E-state index is 13.2. The van der Waals surface area contributed by atoms with Gasteiger partial charge in [-0.05, 0) is 54.1 Å². The Bertz CT molecular complexity index is 1100. The van der Waals surface area contributed by atoms with Gasteiger partial charge in [0.2, 0.25) is 0 Å². The topological polar surface area (TPSA) is 58.6 Å². The first-order chi connectivity index (χ1) is 14.6. The van der Waals surface area contributed by atoms with Gasteiger partial charge in [-0.15, -0.1) is 11.3 Å². The first-order valence-corrected chi connectivity index (χ1v) is 10.6. The van der Waals surface area contributed by atoms with Crippen LogP contribution in [0.1, 0.15) is 16.0 Å². The molecule has 0 bridgehead atoms. The zero-order chi connectivity index (χ0) is 21.1. The molecule has 6 heteroatoms. The molecule has 0 spiro atoms. The molecule has 30 heavy (non-hydrogen) atoms. The van der Waals surface area contributed by atoms with E-state index >= 15 is 0 Å². The van der Waals surface area contributed by atoms with Crippen LogP contribution in [0.4, 0.5) is 5.69 Å². The molecule has 0 aliphatic carbocycles. The van der Waals surface area contributed by atoms with Gasteiger partial charge in [-0.1, -0.05) is 36.4 Å². The van der Waals surface area contributed by atoms with Crippen LogP contribution in [0, 0.1) is 6.92 Å². The highest BCUT2D eigenvalue weighted by molar-refractivity contribution is 7.11. The van der Waals surface area contributed by atoms with Gasteiger partial charge in [0, 0.05) is 17.1 Å². The van der Waals surface area contributed by atoms with Crippen molar-refractivity contribution >= 4 is 34.4 Å². The SMILES string of the molecule is COc1ccc(CCN2C(=O)C(Nc3ccccc3C)=C(c3cccs3)C2=O)cc1. The Balaban J connectivity index is 1.60. The quantitative estimate of drug-likeness (QED) is 0.574. The summed E-state index contributed by atoms with van der Waals surface area (Å²) in [5.41, 5.74) is 3.64. The van der Waals surface area contributed by atoms with E-state index in [1.54, 1.807) is 7.11 Å². The second kappa shape index (κ2) is 8.55. The molecule has 4 rings (SSSR count). The summed E-state index contributed by atoms with van der Waals surface area (Å²) >= 11 is 1.45. The van der Waals surface area contributed by atoms with E-state index in [4.69, 9.17) is 4.74 Å². The van der Waals surface area contributed by atoms with Crippen LogP contribution in [0.2, 0.25) is 0 Å². The van der Waals surface area contributed by atoms with E-state index in [0.29, 0.717) is 24.2 Å². The lowest BCUT2D eigenvalue weighted by molar-refractivity contribution is -0.136. The number of methoxy groups -OCH3 is 1. The Morgan fingerprint density at radius 1 is 0.967 bits per heavy atom. The third kappa shape index (κ3) is 3.86. The zero-order valence-electron chi connectivity index (χ0n) is 16.8. The maximum Gasteiger partial charge on any atom is 0.278 e. The zero-order valence-corrected chi connectivity index (χ0v) is 17.7. The molecule has 1 aliphatic rings. The van der Waals surface area contributed by atoms with E-state index in [1.807, 2.05) is 73.0 Å². The molecule has 5 nitrogen and oxygen atoms in total. The van der Waals surface area contributed by atoms with E-state index < -0.39 is 0 Å². The number of carbonyl (C=O) groups excluding carboxylic acids is 2. The number of imide groups is 1. The van der Waals surface area contributed by atoms with Crippen molar-refractivity contribution in [3.63, 3.8) is 0 Å². The highest BCUT2D eigenvalue weighted by Gasteiger charge is 2.39. The number of benzene rings is 2. The number of carbonyl (C=O) groups is 2. The van der Waals surface area contributed by atoms with E-state index in [0.717, 1.165) is 27.4 Å². The van der Waals surface area contributed by atoms with Gasteiger partial charge in [0.25, 0.3) is 11.8 Å². The normalized spacial score (nSPS) is 13.9. The van der Waals surface area contributed by atoms with E-state index in [9.17, 15) is 9.59 Å². The predicted octanol–water partition coefficient (Wildman–Crippen LogP) is 4.50. The second-order valence-corrected chi connectivity index (χ2v) is 7.97. The first kappa shape index (κ1) is 19.9. The average molecular weight is 419 g/mol. The smallest absolute Gasteiger partial charge is 0.278 e. The Kier molecular flexibility index (Phi) is 5.68. The Morgan fingerprint density at radius 2 is 1.73 bits per heavy atom. The molecule has 0 radical (unpaired) electrons. The molecular weight excluding hydrogens is 396 g/mol. The number of anilines is 1. The number of hydrogen-bond acceptors (Lipinski definition) is 5. The maximum atomic E-state index is 13.2. The number of para-hydroxylation sites is 1. The van der Waals surface area contributed by atoms with E-state index in [2.05, 4.69) is 5.32 Å². The van der Waals surface area contributed by atoms with Crippen LogP contribution < -0.4 is 10.1 Å². The summed E-state index contributed by atoms with van der Waals surface area (Å²) in [5.74, 6) is 0.227. The molecule has 152 valence electrons. The van der Waals surface area contributed by atoms with Crippen molar-refractivity contribution in [2.45, 2.75) is 13.3 Å². The summed E-state index contributed by atoms with van der Waals surface area (Å²) < 4.78 is 5.18. The monoisotopic (exact) mass is 418 g/mol. The predicted molar refractivity (Wildman–Crippen MR) is 119 cm³/mol. The molecule has 1 N–H and O–H groups in total. The molecule has 2 aromatic carbocycles. The molecule has 0 unspecified atom stereocenters. The number of thiophene rings is 1. The lowest BCUT2D eigenvalue weighted by Gasteiger charge is -2.16. The van der Waals surface area contributed by atoms with Crippen molar-refractivity contribution in [1.82, 2.24) is 4.90 Å². The number of amides is 2. The minimum Gasteiger partial charge on any atom is -0.497 e. The van der Waals surface area contributed by atoms with Gasteiger partial charge in [0.15, 0.2) is 0 Å². The number of hydrogen-bond donors (Lipinski definition) is 1. The molecule has 2 heterocycles. The van der Waals surface area contributed by atoms with Crippen LogP contribution in [-0.2, 0) is 16.0 Å². The van der Waals surface area contributed by atoms with Crippen molar-refractivity contribution in [1.29, 1.82) is 0 Å². The minimum absolute atomic E-state index is 0.257. The van der Waals surface area contributed by atoms with Gasteiger partial charge >= 0.3 is 0 Å². The average Bonchev–Trinajstić information content (AvgIpc) is 3.36. The number of nitrogens with one attached hydrogen (secondary N) is 1. The van der Waals surface area contributed by atoms with Gasteiger partial charge in [-0.2, -0.15) is 0 Å². The van der Waals surface area contributed by atoms with Crippen molar-refractivity contribution in [3.05, 3.63) is 87.7 Å². The van der Waals surface area contributed by atoms with E-state index in [1.165, 1.54) is 16.2 Å². The highest BCUT2D eigenvalue weighted by Crippen LogP contribution is 2.33. The Labute approximate surface area is 179 Å². The molecular formula is C24H22N2O3S. The summed E-state index contributed by atoms with van der Waals surface area (Å²) in [6, 6.07) is 19.1. The Morgan fingerprint density at radius 3 is 2.40 bits per heavy atom. The minimum atomic E-state index is -0.292. The highest BCUT2D eigenvalue weighted by atomic mass is 32.1. The van der Waals surface area contributed by atoms with Crippen LogP contribution in [0.25, 0.3) is 5.57 Å². The number of nitrogens with zero attached hydrogens (tertiary/aromatic N) is 1. The number of aryl methyl sites for hydroxylation is 1. The van der Waals surface area contributed by atoms with Crippen molar-refractivity contribution < 1.29 is 14.3 Å². The fourth-order valence-electron chi connectivity index (χ4n) is 3.43. The lowest BCUT2D eigenvalue weighted by Crippen LogP contribution is -2.34. The summed E-state index contributed by atoms with van der Waals surface area (Å²) in [7, 11) is 1.62. The van der Waals surface area contributed by atoms with Crippen LogP contribution in [0.15, 0.2) is 71.7 Å². The van der Waals surface area contributed by atoms with Crippen molar-refractivity contribution in [2.24, 2.45) is 0 Å². The fraction of sp³-hybridized carbons (Fsp3) is 0.167. The van der Waals surface area contributed by atoms with Gasteiger partial charge in [-0.25, -0.2) is 0 Å². The fourth-order valence-corrected chi connectivity index (χ4v) is 4.19. The second-order valence-electron chi connectivity index (χ2n) is 7.03. The Hall–Kier alpha value is -3.38. The summed E-state index contributed by atoms with van der Waals surface area (Å²) in [4.78, 5) is 28.6. The van der Waals surface area contributed by atoms with Gasteiger partial charge in [-0.3, -0.25) is 14.5 Å². The van der Waals surface area contributed by atoms with Crippen molar-refractivity contribution in [3.8, 4) is 5.75 Å². The number of rotatable bonds is 7. The van der Waals surface area contributed by atoms with Crippen LogP contribution >= 0.6 is 11.3 Å². The summed E-state index contributed by atoms with van der Waals surface area (Å²) in [6.07, 6.45) is 0.580. The van der Waals surface area contributed by atoms with Gasteiger partial charge in [0.05, 0.1) is 12.7 Å². The standard InChI is InChI=1S/C24H22N2O3S/c1-16-6-3-4-7-19(16)25-22-21(20-8-5-15-30-20)23(27)26(24(22)28)14-13-17-9-11-18(29-2)12-10-17/h3-12,15,25H,13-14H2,1-2H3. The third-order valence-electron chi connectivity index (χ3n) is 5.12. The molecule has 0 saturated heterocycles. The lowest BCUT2D eigenvalue weighted by atomic mass is 10.1. The van der Waals surface area contributed by atoms with Crippen LogP contribution in [0.5, 0.6) is 5.75 Å². The van der Waals surface area contributed by atoms with Crippen LogP contribution in [-0.4, -0.2) is 30.4 Å². The largest absolute Gasteiger partial charge is 0.497 e. The summed E-state index contributed by atoms with van der Waals surface area (Å²) in [6.45, 7) is 2.29. The van der Waals surface area contributed by atoms with Crippen molar-refractivity contribution in [2.75, 3.05) is 19.0 Å². The van der Waals surface area contributed by atoms with Crippen LogP contribution in [0.3, 0.4) is 0 Å². The van der Waals surface area contributed by atoms with E-state index in [-0.39, 0.29) is 11.8 Å². The summed E-state index contributed by atoms with van der Waals surface area (Å²) in [5, 5.41) is 5.14. The molecule has 3 aromatic rings. The number of ether oxygens (including phenoxy) is 1. The van der Waals surface area contributed by atoms with Gasteiger partial charge in [0.1, 0.15) is 11.4 Å². The molecule has 1 aliphatic heterocycles. The van der Waals surface area contributed by atoms with Gasteiger partial charge < -0.3 is 10.1 Å². The molecule has 0 fully saturated rings.